The van der Waals surface area contributed by atoms with E-state index < -0.39 is 0 Å². The van der Waals surface area contributed by atoms with Crippen LogP contribution in [0, 0.1) is 23.6 Å². The molecule has 1 saturated carbocycles. The predicted molar refractivity (Wildman–Crippen MR) is 95.4 cm³/mol. The molecule has 0 bridgehead atoms. The van der Waals surface area contributed by atoms with E-state index >= 15 is 0 Å². The zero-order chi connectivity index (χ0) is 16.7. The highest BCUT2D eigenvalue weighted by Crippen LogP contribution is 2.37. The van der Waals surface area contributed by atoms with Gasteiger partial charge in [0.25, 0.3) is 0 Å². The van der Waals surface area contributed by atoms with Crippen molar-refractivity contribution in [3.8, 4) is 5.75 Å². The summed E-state index contributed by atoms with van der Waals surface area (Å²) in [5.41, 5.74) is 1.10. The van der Waals surface area contributed by atoms with Crippen molar-refractivity contribution in [2.24, 2.45) is 17.8 Å². The summed E-state index contributed by atoms with van der Waals surface area (Å²) >= 11 is 0. The van der Waals surface area contributed by atoms with E-state index in [4.69, 9.17) is 4.74 Å². The van der Waals surface area contributed by atoms with Crippen molar-refractivity contribution in [2.75, 3.05) is 7.11 Å². The predicted octanol–water partition coefficient (Wildman–Crippen LogP) is 6.40. The maximum Gasteiger partial charge on any atom is 0.165 e. The third-order valence-electron chi connectivity index (χ3n) is 5.69. The Bertz CT molecular complexity index is 463. The number of hydrogen-bond acceptors (Lipinski definition) is 1. The number of benzene rings is 1. The summed E-state index contributed by atoms with van der Waals surface area (Å²) in [6.45, 7) is 4.62. The van der Waals surface area contributed by atoms with Gasteiger partial charge in [-0.2, -0.15) is 0 Å². The van der Waals surface area contributed by atoms with Gasteiger partial charge < -0.3 is 4.74 Å². The van der Waals surface area contributed by atoms with Crippen LogP contribution in [0.25, 0.3) is 0 Å². The van der Waals surface area contributed by atoms with Crippen molar-refractivity contribution in [2.45, 2.75) is 71.6 Å². The average molecular weight is 320 g/mol. The van der Waals surface area contributed by atoms with Gasteiger partial charge in [0.1, 0.15) is 0 Å². The lowest BCUT2D eigenvalue weighted by atomic mass is 9.73. The van der Waals surface area contributed by atoms with Crippen LogP contribution in [-0.2, 0) is 6.42 Å². The van der Waals surface area contributed by atoms with Gasteiger partial charge in [0.2, 0.25) is 0 Å². The molecule has 0 spiro atoms. The first kappa shape index (κ1) is 18.3. The third kappa shape index (κ3) is 5.51. The molecular formula is C21H33FO. The molecule has 0 amide bonds. The normalized spacial score (nSPS) is 22.8. The lowest BCUT2D eigenvalue weighted by Gasteiger charge is -2.32. The Balaban J connectivity index is 1.78. The van der Waals surface area contributed by atoms with E-state index in [2.05, 4.69) is 13.8 Å². The molecule has 2 heteroatoms. The number of halogens is 1. The van der Waals surface area contributed by atoms with E-state index in [9.17, 15) is 4.39 Å². The molecule has 1 fully saturated rings. The topological polar surface area (TPSA) is 9.23 Å². The second-order valence-corrected chi connectivity index (χ2v) is 7.43. The van der Waals surface area contributed by atoms with Crippen LogP contribution in [0.5, 0.6) is 5.75 Å². The summed E-state index contributed by atoms with van der Waals surface area (Å²) in [6, 6.07) is 5.41. The van der Waals surface area contributed by atoms with Crippen LogP contribution in [0.15, 0.2) is 18.2 Å². The lowest BCUT2D eigenvalue weighted by molar-refractivity contribution is 0.204. The average Bonchev–Trinajstić information content (AvgIpc) is 2.56. The minimum atomic E-state index is -0.239. The van der Waals surface area contributed by atoms with Crippen LogP contribution >= 0.6 is 0 Å². The van der Waals surface area contributed by atoms with Gasteiger partial charge in [0.15, 0.2) is 11.6 Å². The summed E-state index contributed by atoms with van der Waals surface area (Å²) < 4.78 is 18.8. The molecule has 1 aromatic carbocycles. The van der Waals surface area contributed by atoms with Crippen molar-refractivity contribution in [1.82, 2.24) is 0 Å². The highest BCUT2D eigenvalue weighted by Gasteiger charge is 2.25. The van der Waals surface area contributed by atoms with Crippen molar-refractivity contribution < 1.29 is 9.13 Å². The van der Waals surface area contributed by atoms with Crippen molar-refractivity contribution >= 4 is 0 Å². The Hall–Kier alpha value is -1.05. The Morgan fingerprint density at radius 3 is 2.52 bits per heavy atom. The molecule has 23 heavy (non-hydrogen) atoms. The quantitative estimate of drug-likeness (QED) is 0.504. The van der Waals surface area contributed by atoms with Crippen molar-refractivity contribution in [3.05, 3.63) is 29.6 Å². The van der Waals surface area contributed by atoms with Gasteiger partial charge in [0.05, 0.1) is 7.11 Å². The molecular weight excluding hydrogens is 287 g/mol. The van der Waals surface area contributed by atoms with E-state index in [0.29, 0.717) is 11.7 Å². The molecule has 0 N–H and O–H groups in total. The van der Waals surface area contributed by atoms with Crippen LogP contribution in [0.1, 0.15) is 70.8 Å². The molecule has 0 aliphatic heterocycles. The number of unbranched alkanes of at least 4 members (excludes halogenated alkanes) is 2. The van der Waals surface area contributed by atoms with Crippen LogP contribution in [0.3, 0.4) is 0 Å². The first-order valence-corrected chi connectivity index (χ1v) is 9.46. The van der Waals surface area contributed by atoms with E-state index in [1.54, 1.807) is 12.1 Å². The summed E-state index contributed by atoms with van der Waals surface area (Å²) in [4.78, 5) is 0. The molecule has 1 atom stereocenters. The Labute approximate surface area is 141 Å². The first-order valence-electron chi connectivity index (χ1n) is 9.46. The fourth-order valence-corrected chi connectivity index (χ4v) is 4.10. The van der Waals surface area contributed by atoms with Gasteiger partial charge in [-0.05, 0) is 54.7 Å². The van der Waals surface area contributed by atoms with Gasteiger partial charge >= 0.3 is 0 Å². The van der Waals surface area contributed by atoms with Gasteiger partial charge in [-0.1, -0.05) is 58.4 Å². The summed E-state index contributed by atoms with van der Waals surface area (Å²) in [5.74, 6) is 2.51. The molecule has 1 unspecified atom stereocenters. The number of ether oxygens (including phenoxy) is 1. The maximum absolute atomic E-state index is 13.8. The molecule has 130 valence electrons. The van der Waals surface area contributed by atoms with Crippen LogP contribution in [-0.4, -0.2) is 7.11 Å². The van der Waals surface area contributed by atoms with Gasteiger partial charge in [-0.15, -0.1) is 0 Å². The standard InChI is InChI=1S/C21H33FO/c1-4-5-6-7-17-8-11-19(12-9-17)16(2)14-18-10-13-21(23-3)20(22)15-18/h10,13,15-17,19H,4-9,11-12,14H2,1-3H3. The van der Waals surface area contributed by atoms with Gasteiger partial charge in [0, 0.05) is 0 Å². The van der Waals surface area contributed by atoms with E-state index in [1.165, 1.54) is 58.5 Å². The summed E-state index contributed by atoms with van der Waals surface area (Å²) in [7, 11) is 1.51. The Morgan fingerprint density at radius 2 is 1.91 bits per heavy atom. The zero-order valence-electron chi connectivity index (χ0n) is 15.1. The second-order valence-electron chi connectivity index (χ2n) is 7.43. The van der Waals surface area contributed by atoms with Crippen LogP contribution in [0.4, 0.5) is 4.39 Å². The molecule has 0 heterocycles. The highest BCUT2D eigenvalue weighted by atomic mass is 19.1. The third-order valence-corrected chi connectivity index (χ3v) is 5.69. The van der Waals surface area contributed by atoms with Gasteiger partial charge in [-0.3, -0.25) is 0 Å². The number of methoxy groups -OCH3 is 1. The SMILES string of the molecule is CCCCCC1CCC(C(C)Cc2ccc(OC)c(F)c2)CC1. The minimum absolute atomic E-state index is 0.239. The summed E-state index contributed by atoms with van der Waals surface area (Å²) in [6.07, 6.45) is 12.0. The fraction of sp³-hybridized carbons (Fsp3) is 0.714. The van der Waals surface area contributed by atoms with Crippen LogP contribution < -0.4 is 4.74 Å². The van der Waals surface area contributed by atoms with E-state index in [0.717, 1.165) is 23.8 Å². The largest absolute Gasteiger partial charge is 0.494 e. The van der Waals surface area contributed by atoms with E-state index in [1.807, 2.05) is 6.07 Å². The molecule has 1 aliphatic rings. The van der Waals surface area contributed by atoms with E-state index in [-0.39, 0.29) is 5.82 Å². The number of rotatable bonds is 8. The van der Waals surface area contributed by atoms with Gasteiger partial charge in [-0.25, -0.2) is 4.39 Å². The number of hydrogen-bond donors (Lipinski definition) is 0. The zero-order valence-corrected chi connectivity index (χ0v) is 15.1. The minimum Gasteiger partial charge on any atom is -0.494 e. The summed E-state index contributed by atoms with van der Waals surface area (Å²) in [5, 5.41) is 0. The van der Waals surface area contributed by atoms with Crippen molar-refractivity contribution in [3.63, 3.8) is 0 Å². The molecule has 2 rings (SSSR count). The van der Waals surface area contributed by atoms with Crippen molar-refractivity contribution in [1.29, 1.82) is 0 Å². The smallest absolute Gasteiger partial charge is 0.165 e. The lowest BCUT2D eigenvalue weighted by Crippen LogP contribution is -2.21. The molecule has 0 aromatic heterocycles. The van der Waals surface area contributed by atoms with Crippen LogP contribution in [0.2, 0.25) is 0 Å². The molecule has 0 radical (unpaired) electrons. The Morgan fingerprint density at radius 1 is 1.17 bits per heavy atom. The first-order chi connectivity index (χ1) is 11.1. The highest BCUT2D eigenvalue weighted by molar-refractivity contribution is 5.29. The second kappa shape index (κ2) is 9.30. The molecule has 0 saturated heterocycles. The fourth-order valence-electron chi connectivity index (χ4n) is 4.10. The monoisotopic (exact) mass is 320 g/mol. The molecule has 1 aliphatic carbocycles. The Kier molecular flexibility index (Phi) is 7.39. The molecule has 1 aromatic rings. The molecule has 1 nitrogen and oxygen atoms in total. The maximum atomic E-state index is 13.8.